The lowest BCUT2D eigenvalue weighted by molar-refractivity contribution is -0.158. The maximum absolute atomic E-state index is 14.8. The van der Waals surface area contributed by atoms with E-state index in [1.54, 1.807) is 21.7 Å². The number of aromatic nitrogens is 1. The molecule has 13 heteroatoms. The van der Waals surface area contributed by atoms with Crippen molar-refractivity contribution in [2.75, 3.05) is 26.7 Å². The molecule has 4 fully saturated rings. The zero-order valence-electron chi connectivity index (χ0n) is 33.5. The Kier molecular flexibility index (Phi) is 12.3. The average Bonchev–Trinajstić information content (AvgIpc) is 3.91. The number of likely N-dealkylation sites (N-methyl/N-ethyl adjacent to an activating group) is 1. The first-order valence-corrected chi connectivity index (χ1v) is 20.9. The minimum absolute atomic E-state index is 0.138. The summed E-state index contributed by atoms with van der Waals surface area (Å²) in [5.74, 6) is -2.51. The minimum atomic E-state index is -1.08. The number of benzene rings is 2. The molecule has 7 atom stereocenters. The van der Waals surface area contributed by atoms with Crippen LogP contribution in [0.2, 0.25) is 0 Å². The highest BCUT2D eigenvalue weighted by atomic mass is 16.2. The van der Waals surface area contributed by atoms with E-state index in [1.807, 2.05) is 74.6 Å². The Hall–Kier alpha value is -5.20. The van der Waals surface area contributed by atoms with Crippen LogP contribution in [0, 0.1) is 5.92 Å². The van der Waals surface area contributed by atoms with Crippen molar-refractivity contribution in [3.05, 3.63) is 71.9 Å². The molecule has 3 aromatic rings. The molecule has 1 aromatic heterocycles. The van der Waals surface area contributed by atoms with Gasteiger partial charge in [-0.2, -0.15) is 0 Å². The molecule has 4 aliphatic rings. The second-order valence-corrected chi connectivity index (χ2v) is 16.4. The fraction of sp³-hybridized carbons (Fsp3) is 0.545. The lowest BCUT2D eigenvalue weighted by atomic mass is 9.92. The van der Waals surface area contributed by atoms with Crippen molar-refractivity contribution >= 4 is 46.3 Å². The van der Waals surface area contributed by atoms with Gasteiger partial charge in [-0.1, -0.05) is 68.8 Å². The van der Waals surface area contributed by atoms with Gasteiger partial charge in [0.25, 0.3) is 0 Å². The van der Waals surface area contributed by atoms with E-state index in [0.29, 0.717) is 58.2 Å². The van der Waals surface area contributed by atoms with Crippen molar-refractivity contribution in [1.29, 1.82) is 0 Å². The molecule has 304 valence electrons. The first kappa shape index (κ1) is 40.0. The Morgan fingerprint density at radius 2 is 1.26 bits per heavy atom. The SMILES string of the molecule is CC[C@H](C)[C@H]1NC(=O)[C@@H](Cc2c[nH]c3ccccc23)NC(=O)[C@@H]2CCCN2C(=O)[C@@H](Cc2ccccc2)N(C)C(=O)[C@@H]2CCCCN2C(=O)[C@H]2CCCCN2C1=O. The van der Waals surface area contributed by atoms with Gasteiger partial charge >= 0.3 is 0 Å². The van der Waals surface area contributed by atoms with Gasteiger partial charge in [-0.3, -0.25) is 28.8 Å². The highest BCUT2D eigenvalue weighted by Gasteiger charge is 2.46. The molecule has 0 aliphatic carbocycles. The number of rotatable bonds is 6. The van der Waals surface area contributed by atoms with Crippen LogP contribution >= 0.6 is 0 Å². The van der Waals surface area contributed by atoms with E-state index >= 15 is 0 Å². The summed E-state index contributed by atoms with van der Waals surface area (Å²) in [5, 5.41) is 6.98. The number of H-pyrrole nitrogens is 1. The van der Waals surface area contributed by atoms with E-state index in [1.165, 1.54) is 4.90 Å². The molecule has 57 heavy (non-hydrogen) atoms. The summed E-state index contributed by atoms with van der Waals surface area (Å²) in [6.45, 7) is 4.90. The van der Waals surface area contributed by atoms with Crippen LogP contribution in [0.25, 0.3) is 10.9 Å². The predicted molar refractivity (Wildman–Crippen MR) is 215 cm³/mol. The first-order valence-electron chi connectivity index (χ1n) is 20.9. The van der Waals surface area contributed by atoms with Gasteiger partial charge in [-0.05, 0) is 74.5 Å². The maximum Gasteiger partial charge on any atom is 0.246 e. The van der Waals surface area contributed by atoms with Crippen LogP contribution in [0.1, 0.15) is 82.8 Å². The lowest BCUT2D eigenvalue weighted by Crippen LogP contribution is -2.64. The van der Waals surface area contributed by atoms with Gasteiger partial charge in [0.05, 0.1) is 0 Å². The summed E-state index contributed by atoms with van der Waals surface area (Å²) >= 11 is 0. The van der Waals surface area contributed by atoms with Crippen LogP contribution < -0.4 is 10.6 Å². The van der Waals surface area contributed by atoms with E-state index in [9.17, 15) is 28.8 Å². The predicted octanol–water partition coefficient (Wildman–Crippen LogP) is 3.56. The van der Waals surface area contributed by atoms with Crippen LogP contribution in [0.3, 0.4) is 0 Å². The number of carbonyl (C=O) groups excluding carboxylic acids is 6. The second-order valence-electron chi connectivity index (χ2n) is 16.4. The van der Waals surface area contributed by atoms with Gasteiger partial charge in [0, 0.05) is 56.6 Å². The number of para-hydroxylation sites is 1. The first-order chi connectivity index (χ1) is 27.6. The number of aromatic amines is 1. The molecule has 2 aromatic carbocycles. The van der Waals surface area contributed by atoms with Gasteiger partial charge < -0.3 is 35.2 Å². The zero-order valence-corrected chi connectivity index (χ0v) is 33.5. The fourth-order valence-electron chi connectivity index (χ4n) is 9.32. The Labute approximate surface area is 334 Å². The number of carbonyl (C=O) groups is 6. The largest absolute Gasteiger partial charge is 0.361 e. The van der Waals surface area contributed by atoms with Gasteiger partial charge in [0.1, 0.15) is 36.3 Å². The molecule has 0 saturated carbocycles. The van der Waals surface area contributed by atoms with E-state index < -0.39 is 48.1 Å². The van der Waals surface area contributed by atoms with E-state index in [0.717, 1.165) is 41.3 Å². The molecule has 4 aliphatic heterocycles. The van der Waals surface area contributed by atoms with Crippen LogP contribution in [0.4, 0.5) is 0 Å². The fourth-order valence-corrected chi connectivity index (χ4v) is 9.32. The van der Waals surface area contributed by atoms with Crippen LogP contribution in [0.5, 0.6) is 0 Å². The summed E-state index contributed by atoms with van der Waals surface area (Å²) in [4.78, 5) is 97.6. The van der Waals surface area contributed by atoms with Crippen molar-refractivity contribution in [3.63, 3.8) is 0 Å². The lowest BCUT2D eigenvalue weighted by Gasteiger charge is -2.44. The summed E-state index contributed by atoms with van der Waals surface area (Å²) in [6, 6.07) is 11.8. The van der Waals surface area contributed by atoms with Crippen molar-refractivity contribution in [2.45, 2.75) is 121 Å². The van der Waals surface area contributed by atoms with E-state index in [-0.39, 0.29) is 42.4 Å². The number of amides is 6. The van der Waals surface area contributed by atoms with Crippen LogP contribution in [0.15, 0.2) is 60.8 Å². The molecule has 0 radical (unpaired) electrons. The number of hydrogen-bond donors (Lipinski definition) is 3. The normalized spacial score (nSPS) is 27.6. The zero-order chi connectivity index (χ0) is 40.2. The van der Waals surface area contributed by atoms with Crippen molar-refractivity contribution < 1.29 is 28.8 Å². The topological polar surface area (TPSA) is 155 Å². The summed E-state index contributed by atoms with van der Waals surface area (Å²) in [7, 11) is 1.63. The monoisotopic (exact) mass is 779 g/mol. The Morgan fingerprint density at radius 1 is 0.649 bits per heavy atom. The molecule has 13 nitrogen and oxygen atoms in total. The molecule has 0 unspecified atom stereocenters. The molecule has 4 saturated heterocycles. The quantitative estimate of drug-likeness (QED) is 0.348. The molecule has 6 amide bonds. The number of nitrogens with one attached hydrogen (secondary N) is 3. The Bertz CT molecular complexity index is 1970. The van der Waals surface area contributed by atoms with E-state index in [4.69, 9.17) is 0 Å². The third-order valence-electron chi connectivity index (χ3n) is 12.9. The Balaban J connectivity index is 1.30. The van der Waals surface area contributed by atoms with E-state index in [2.05, 4.69) is 15.6 Å². The second kappa shape index (κ2) is 17.5. The van der Waals surface area contributed by atoms with Crippen molar-refractivity contribution in [1.82, 2.24) is 35.2 Å². The Morgan fingerprint density at radius 3 is 1.98 bits per heavy atom. The van der Waals surface area contributed by atoms with Crippen molar-refractivity contribution in [2.24, 2.45) is 5.92 Å². The standard InChI is InChI=1S/C44H57N7O6/c1-4-28(2)38-44(57)51-23-13-11-20-36(51)42(55)50-22-12-10-19-35(50)41(54)48(3)37(25-29-15-6-5-7-16-29)43(56)49-24-14-21-34(49)40(53)46-33(39(52)47-38)26-30-27-45-32-18-9-8-17-31(30)32/h5-9,15-18,27-28,33-38,45H,4,10-14,19-26H2,1-3H3,(H,46,53)(H,47,52)/t28-,33+,34-,35-,36+,37+,38+/m0/s1. The minimum Gasteiger partial charge on any atom is -0.361 e. The van der Waals surface area contributed by atoms with Gasteiger partial charge in [0.15, 0.2) is 0 Å². The number of piperidine rings is 2. The molecule has 3 N–H and O–H groups in total. The molecule has 7 rings (SSSR count). The molecular weight excluding hydrogens is 723 g/mol. The summed E-state index contributed by atoms with van der Waals surface area (Å²) < 4.78 is 0. The molecule has 0 bridgehead atoms. The van der Waals surface area contributed by atoms with Gasteiger partial charge in [-0.25, -0.2) is 0 Å². The van der Waals surface area contributed by atoms with Gasteiger partial charge in [0.2, 0.25) is 35.4 Å². The number of fused-ring (bicyclic) bond motifs is 4. The van der Waals surface area contributed by atoms with Crippen molar-refractivity contribution in [3.8, 4) is 0 Å². The average molecular weight is 780 g/mol. The molecule has 0 spiro atoms. The molecular formula is C44H57N7O6. The number of nitrogens with zero attached hydrogens (tertiary/aromatic N) is 4. The van der Waals surface area contributed by atoms with Crippen LogP contribution in [-0.2, 0) is 41.6 Å². The summed E-state index contributed by atoms with van der Waals surface area (Å²) in [6.07, 6.45) is 7.56. The highest BCUT2D eigenvalue weighted by Crippen LogP contribution is 2.29. The number of hydrogen-bond acceptors (Lipinski definition) is 6. The third kappa shape index (κ3) is 8.29. The highest BCUT2D eigenvalue weighted by molar-refractivity contribution is 5.99. The maximum atomic E-state index is 14.8. The molecule has 5 heterocycles. The summed E-state index contributed by atoms with van der Waals surface area (Å²) in [5.41, 5.74) is 2.57. The third-order valence-corrected chi connectivity index (χ3v) is 12.9. The van der Waals surface area contributed by atoms with Crippen LogP contribution in [-0.4, -0.2) is 123 Å². The van der Waals surface area contributed by atoms with Gasteiger partial charge in [-0.15, -0.1) is 0 Å². The smallest absolute Gasteiger partial charge is 0.246 e.